The number of anilines is 1. The van der Waals surface area contributed by atoms with E-state index in [1.165, 1.54) is 21.3 Å². The van der Waals surface area contributed by atoms with E-state index in [1.807, 2.05) is 0 Å². The van der Waals surface area contributed by atoms with Crippen molar-refractivity contribution in [2.24, 2.45) is 7.05 Å². The highest BCUT2D eigenvalue weighted by atomic mass is 16.5. The Morgan fingerprint density at radius 2 is 1.86 bits per heavy atom. The van der Waals surface area contributed by atoms with Gasteiger partial charge in [-0.2, -0.15) is 14.8 Å². The molecular formula is C23H22N6O6. The van der Waals surface area contributed by atoms with Crippen LogP contribution in [0.4, 0.5) is 5.69 Å². The third kappa shape index (κ3) is 4.95. The van der Waals surface area contributed by atoms with Crippen LogP contribution in [0, 0.1) is 0 Å². The summed E-state index contributed by atoms with van der Waals surface area (Å²) in [6, 6.07) is 13.7. The number of para-hydroxylation sites is 1. The van der Waals surface area contributed by atoms with Crippen molar-refractivity contribution in [1.29, 1.82) is 0 Å². The monoisotopic (exact) mass is 478 g/mol. The number of nitrogens with one attached hydrogen (secondary N) is 1. The van der Waals surface area contributed by atoms with E-state index < -0.39 is 11.2 Å². The topological polar surface area (TPSA) is 143 Å². The van der Waals surface area contributed by atoms with E-state index in [-0.39, 0.29) is 36.2 Å². The zero-order valence-electron chi connectivity index (χ0n) is 19.2. The summed E-state index contributed by atoms with van der Waals surface area (Å²) < 4.78 is 17.6. The van der Waals surface area contributed by atoms with Crippen molar-refractivity contribution in [3.63, 3.8) is 0 Å². The van der Waals surface area contributed by atoms with Crippen LogP contribution in [0.15, 0.2) is 62.6 Å². The Balaban J connectivity index is 1.50. The highest BCUT2D eigenvalue weighted by Crippen LogP contribution is 2.29. The molecule has 35 heavy (non-hydrogen) atoms. The van der Waals surface area contributed by atoms with Crippen LogP contribution < -0.4 is 26.0 Å². The fourth-order valence-corrected chi connectivity index (χ4v) is 3.24. The lowest BCUT2D eigenvalue weighted by atomic mass is 10.2. The number of aryl methyl sites for hydroxylation is 1. The number of hydrogen-bond acceptors (Lipinski definition) is 9. The summed E-state index contributed by atoms with van der Waals surface area (Å²) >= 11 is 0. The number of amides is 1. The maximum absolute atomic E-state index is 12.6. The minimum Gasteiger partial charge on any atom is -0.497 e. The lowest BCUT2D eigenvalue weighted by Gasteiger charge is -2.11. The molecule has 0 fully saturated rings. The van der Waals surface area contributed by atoms with Crippen molar-refractivity contribution >= 4 is 11.6 Å². The second kappa shape index (κ2) is 10.0. The first-order chi connectivity index (χ1) is 16.9. The van der Waals surface area contributed by atoms with Gasteiger partial charge in [-0.3, -0.25) is 14.2 Å². The Bertz CT molecular complexity index is 1470. The van der Waals surface area contributed by atoms with E-state index in [2.05, 4.69) is 20.6 Å². The van der Waals surface area contributed by atoms with Crippen LogP contribution in [0.25, 0.3) is 17.2 Å². The maximum Gasteiger partial charge on any atom is 0.351 e. The van der Waals surface area contributed by atoms with Crippen LogP contribution in [0.2, 0.25) is 0 Å². The SMILES string of the molecule is COc1ccc(NC(=O)CCc2nc(-c3nn(-c4ccccc4)c(=O)n(C)c3=O)no2)c(OC)c1. The molecule has 0 aliphatic carbocycles. The smallest absolute Gasteiger partial charge is 0.351 e. The maximum atomic E-state index is 12.6. The second-order valence-corrected chi connectivity index (χ2v) is 7.37. The Morgan fingerprint density at radius 1 is 1.09 bits per heavy atom. The van der Waals surface area contributed by atoms with Crippen molar-refractivity contribution in [2.45, 2.75) is 12.8 Å². The zero-order chi connectivity index (χ0) is 24.9. The van der Waals surface area contributed by atoms with Gasteiger partial charge in [0.05, 0.1) is 25.6 Å². The number of nitrogens with zero attached hydrogens (tertiary/aromatic N) is 5. The zero-order valence-corrected chi connectivity index (χ0v) is 19.2. The summed E-state index contributed by atoms with van der Waals surface area (Å²) in [5.74, 6) is 0.797. The summed E-state index contributed by atoms with van der Waals surface area (Å²) in [5.41, 5.74) is -0.472. The van der Waals surface area contributed by atoms with Crippen molar-refractivity contribution in [3.05, 3.63) is 75.3 Å². The van der Waals surface area contributed by atoms with E-state index in [1.54, 1.807) is 48.5 Å². The molecule has 180 valence electrons. The minimum atomic E-state index is -0.668. The molecule has 2 aromatic carbocycles. The summed E-state index contributed by atoms with van der Waals surface area (Å²) in [5, 5.41) is 10.7. The van der Waals surface area contributed by atoms with Gasteiger partial charge in [0.25, 0.3) is 5.56 Å². The molecule has 1 N–H and O–H groups in total. The molecule has 0 atom stereocenters. The molecule has 0 unspecified atom stereocenters. The van der Waals surface area contributed by atoms with E-state index >= 15 is 0 Å². The summed E-state index contributed by atoms with van der Waals surface area (Å²) in [6.07, 6.45) is 0.154. The van der Waals surface area contributed by atoms with E-state index in [0.717, 1.165) is 9.25 Å². The quantitative estimate of drug-likeness (QED) is 0.399. The van der Waals surface area contributed by atoms with Gasteiger partial charge in [0.1, 0.15) is 11.5 Å². The second-order valence-electron chi connectivity index (χ2n) is 7.37. The third-order valence-electron chi connectivity index (χ3n) is 5.10. The minimum absolute atomic E-state index is 0.0335. The molecule has 4 aromatic rings. The summed E-state index contributed by atoms with van der Waals surface area (Å²) in [7, 11) is 4.37. The van der Waals surface area contributed by atoms with Gasteiger partial charge in [-0.25, -0.2) is 4.79 Å². The van der Waals surface area contributed by atoms with Crippen LogP contribution in [0.3, 0.4) is 0 Å². The fraction of sp³-hybridized carbons (Fsp3) is 0.217. The number of ether oxygens (including phenoxy) is 2. The predicted molar refractivity (Wildman–Crippen MR) is 125 cm³/mol. The first-order valence-corrected chi connectivity index (χ1v) is 10.5. The van der Waals surface area contributed by atoms with Gasteiger partial charge in [-0.1, -0.05) is 23.4 Å². The molecular weight excluding hydrogens is 456 g/mol. The molecule has 0 spiro atoms. The van der Waals surface area contributed by atoms with Crippen LogP contribution >= 0.6 is 0 Å². The van der Waals surface area contributed by atoms with Crippen molar-refractivity contribution in [3.8, 4) is 28.7 Å². The van der Waals surface area contributed by atoms with Crippen LogP contribution in [-0.4, -0.2) is 44.6 Å². The molecule has 0 saturated carbocycles. The largest absolute Gasteiger partial charge is 0.497 e. The Morgan fingerprint density at radius 3 is 2.57 bits per heavy atom. The summed E-state index contributed by atoms with van der Waals surface area (Å²) in [4.78, 5) is 41.8. The lowest BCUT2D eigenvalue weighted by Crippen LogP contribution is -2.40. The Kier molecular flexibility index (Phi) is 6.71. The van der Waals surface area contributed by atoms with Gasteiger partial charge >= 0.3 is 5.69 Å². The Hall–Kier alpha value is -4.74. The molecule has 0 aliphatic rings. The summed E-state index contributed by atoms with van der Waals surface area (Å²) in [6.45, 7) is 0. The molecule has 2 heterocycles. The van der Waals surface area contributed by atoms with Crippen LogP contribution in [0.5, 0.6) is 11.5 Å². The number of aromatic nitrogens is 5. The average molecular weight is 478 g/mol. The molecule has 12 nitrogen and oxygen atoms in total. The first-order valence-electron chi connectivity index (χ1n) is 10.5. The van der Waals surface area contributed by atoms with Crippen LogP contribution in [-0.2, 0) is 18.3 Å². The standard InChI is InChI=1S/C23H22N6O6/c1-28-22(31)20(26-29(23(28)32)14-7-5-4-6-8-14)21-25-19(35-27-21)12-11-18(30)24-16-10-9-15(33-2)13-17(16)34-3/h4-10,13H,11-12H2,1-3H3,(H,24,30). The fourth-order valence-electron chi connectivity index (χ4n) is 3.24. The number of benzene rings is 2. The molecule has 0 radical (unpaired) electrons. The third-order valence-corrected chi connectivity index (χ3v) is 5.10. The van der Waals surface area contributed by atoms with Gasteiger partial charge in [-0.05, 0) is 24.3 Å². The van der Waals surface area contributed by atoms with Crippen molar-refractivity contribution < 1.29 is 18.8 Å². The number of carbonyl (C=O) groups is 1. The van der Waals surface area contributed by atoms with Gasteiger partial charge in [-0.15, -0.1) is 0 Å². The molecule has 1 amide bonds. The Labute approximate surface area is 198 Å². The predicted octanol–water partition coefficient (Wildman–Crippen LogP) is 1.57. The lowest BCUT2D eigenvalue weighted by molar-refractivity contribution is -0.116. The van der Waals surface area contributed by atoms with E-state index in [4.69, 9.17) is 14.0 Å². The molecule has 4 rings (SSSR count). The molecule has 2 aromatic heterocycles. The van der Waals surface area contributed by atoms with Gasteiger partial charge < -0.3 is 19.3 Å². The first kappa shape index (κ1) is 23.4. The van der Waals surface area contributed by atoms with Gasteiger partial charge in [0.15, 0.2) is 5.69 Å². The molecule has 0 aliphatic heterocycles. The number of rotatable bonds is 8. The number of carbonyl (C=O) groups excluding carboxylic acids is 1. The van der Waals surface area contributed by atoms with Gasteiger partial charge in [0.2, 0.25) is 17.6 Å². The van der Waals surface area contributed by atoms with Crippen molar-refractivity contribution in [1.82, 2.24) is 24.5 Å². The van der Waals surface area contributed by atoms with Crippen molar-refractivity contribution in [2.75, 3.05) is 19.5 Å². The molecule has 0 bridgehead atoms. The van der Waals surface area contributed by atoms with Gasteiger partial charge in [0, 0.05) is 26.0 Å². The highest BCUT2D eigenvalue weighted by molar-refractivity contribution is 5.92. The molecule has 0 saturated heterocycles. The number of methoxy groups -OCH3 is 2. The van der Waals surface area contributed by atoms with Crippen LogP contribution in [0.1, 0.15) is 12.3 Å². The number of hydrogen-bond donors (Lipinski definition) is 1. The van der Waals surface area contributed by atoms with E-state index in [9.17, 15) is 14.4 Å². The molecule has 12 heteroatoms. The van der Waals surface area contributed by atoms with E-state index in [0.29, 0.717) is 22.9 Å². The average Bonchev–Trinajstić information content (AvgIpc) is 3.36. The highest BCUT2D eigenvalue weighted by Gasteiger charge is 2.19. The normalized spacial score (nSPS) is 10.7.